The lowest BCUT2D eigenvalue weighted by atomic mass is 9.93. The Morgan fingerprint density at radius 3 is 2.80 bits per heavy atom. The van der Waals surface area contributed by atoms with Gasteiger partial charge in [0.05, 0.1) is 17.3 Å². The molecule has 0 bridgehead atoms. The van der Waals surface area contributed by atoms with E-state index in [1.54, 1.807) is 11.3 Å². The van der Waals surface area contributed by atoms with Crippen LogP contribution in [0.25, 0.3) is 0 Å². The van der Waals surface area contributed by atoms with Gasteiger partial charge in [0.2, 0.25) is 0 Å². The van der Waals surface area contributed by atoms with Crippen LogP contribution in [0.1, 0.15) is 51.2 Å². The summed E-state index contributed by atoms with van der Waals surface area (Å²) < 4.78 is 5.73. The summed E-state index contributed by atoms with van der Waals surface area (Å²) in [6.07, 6.45) is 3.57. The van der Waals surface area contributed by atoms with Crippen molar-refractivity contribution in [3.05, 3.63) is 16.1 Å². The molecule has 0 atom stereocenters. The van der Waals surface area contributed by atoms with Gasteiger partial charge >= 0.3 is 0 Å². The highest BCUT2D eigenvalue weighted by Gasteiger charge is 2.21. The van der Waals surface area contributed by atoms with Crippen molar-refractivity contribution in [1.82, 2.24) is 15.2 Å². The zero-order valence-corrected chi connectivity index (χ0v) is 17.3. The first-order chi connectivity index (χ1) is 11.9. The molecule has 2 rings (SSSR count). The van der Waals surface area contributed by atoms with E-state index in [0.717, 1.165) is 51.1 Å². The van der Waals surface area contributed by atoms with Crippen LogP contribution in [0.15, 0.2) is 10.4 Å². The van der Waals surface area contributed by atoms with Crippen molar-refractivity contribution >= 4 is 17.3 Å². The third kappa shape index (κ3) is 7.32. The molecule has 0 spiro atoms. The minimum Gasteiger partial charge on any atom is -0.379 e. The fourth-order valence-electron chi connectivity index (χ4n) is 2.34. The summed E-state index contributed by atoms with van der Waals surface area (Å²) in [6, 6.07) is 0. The molecule has 1 heterocycles. The van der Waals surface area contributed by atoms with E-state index in [0.29, 0.717) is 0 Å². The molecule has 1 saturated carbocycles. The summed E-state index contributed by atoms with van der Waals surface area (Å²) >= 11 is 1.74. The van der Waals surface area contributed by atoms with Gasteiger partial charge in [-0.25, -0.2) is 4.98 Å². The largest absolute Gasteiger partial charge is 0.379 e. The predicted molar refractivity (Wildman–Crippen MR) is 107 cm³/mol. The van der Waals surface area contributed by atoms with Crippen molar-refractivity contribution in [2.24, 2.45) is 10.9 Å². The number of ether oxygens (including phenoxy) is 1. The van der Waals surface area contributed by atoms with Crippen LogP contribution in [0.3, 0.4) is 0 Å². The van der Waals surface area contributed by atoms with Gasteiger partial charge in [-0.3, -0.25) is 4.99 Å². The Labute approximate surface area is 156 Å². The van der Waals surface area contributed by atoms with Crippen LogP contribution in [0, 0.1) is 5.92 Å². The second kappa shape index (κ2) is 9.53. The molecule has 1 aliphatic rings. The molecule has 0 radical (unpaired) electrons. The lowest BCUT2D eigenvalue weighted by molar-refractivity contribution is 0.115. The van der Waals surface area contributed by atoms with Crippen molar-refractivity contribution in [2.45, 2.75) is 52.4 Å². The van der Waals surface area contributed by atoms with Gasteiger partial charge in [0.25, 0.3) is 0 Å². The molecule has 1 fully saturated rings. The minimum atomic E-state index is 0.119. The maximum Gasteiger partial charge on any atom is 0.193 e. The lowest BCUT2D eigenvalue weighted by Crippen LogP contribution is -2.40. The molecule has 0 aromatic carbocycles. The fraction of sp³-hybridized carbons (Fsp3) is 0.789. The second-order valence-corrected chi connectivity index (χ2v) is 8.74. The number of nitrogens with zero attached hydrogens (tertiary/aromatic N) is 3. The highest BCUT2D eigenvalue weighted by molar-refractivity contribution is 7.09. The molecule has 0 unspecified atom stereocenters. The van der Waals surface area contributed by atoms with Crippen LogP contribution in [-0.4, -0.2) is 55.7 Å². The smallest absolute Gasteiger partial charge is 0.193 e. The average molecular weight is 367 g/mol. The van der Waals surface area contributed by atoms with E-state index in [-0.39, 0.29) is 5.41 Å². The Bertz CT molecular complexity index is 546. The van der Waals surface area contributed by atoms with E-state index in [1.165, 1.54) is 23.5 Å². The number of thiazole rings is 1. The molecular weight excluding hydrogens is 332 g/mol. The number of hydrogen-bond donors (Lipinski definition) is 1. The Hall–Kier alpha value is -1.14. The number of hydrogen-bond acceptors (Lipinski definition) is 4. The van der Waals surface area contributed by atoms with Crippen molar-refractivity contribution in [1.29, 1.82) is 0 Å². The summed E-state index contributed by atoms with van der Waals surface area (Å²) in [5.74, 6) is 1.77. The first kappa shape index (κ1) is 20.2. The number of aromatic nitrogens is 1. The molecule has 1 aliphatic carbocycles. The summed E-state index contributed by atoms with van der Waals surface area (Å²) in [4.78, 5) is 11.6. The van der Waals surface area contributed by atoms with E-state index in [2.05, 4.69) is 50.3 Å². The first-order valence-corrected chi connectivity index (χ1v) is 10.3. The molecule has 1 N–H and O–H groups in total. The normalized spacial score (nSPS) is 15.5. The van der Waals surface area contributed by atoms with Gasteiger partial charge in [-0.2, -0.15) is 0 Å². The molecule has 1 aromatic rings. The second-order valence-electron chi connectivity index (χ2n) is 7.80. The maximum atomic E-state index is 5.73. The topological polar surface area (TPSA) is 49.8 Å². The predicted octanol–water partition coefficient (Wildman–Crippen LogP) is 3.31. The molecule has 0 saturated heterocycles. The quantitative estimate of drug-likeness (QED) is 0.414. The standard InChI is InChI=1S/C19H34N4OS/c1-6-20-18(23(5)11-12-24-13-15-7-8-15)21-10-9-17-22-16(14-25-17)19(2,3)4/h14-15H,6-13H2,1-5H3,(H,20,21). The number of nitrogens with one attached hydrogen (secondary N) is 1. The SMILES string of the molecule is CCNC(=NCCc1nc(C(C)(C)C)cs1)N(C)CCOCC1CC1. The molecular formula is C19H34N4OS. The summed E-state index contributed by atoms with van der Waals surface area (Å²) in [5, 5.41) is 6.70. The molecule has 6 heteroatoms. The van der Waals surface area contributed by atoms with Crippen molar-refractivity contribution in [3.8, 4) is 0 Å². The van der Waals surface area contributed by atoms with E-state index >= 15 is 0 Å². The highest BCUT2D eigenvalue weighted by atomic mass is 32.1. The monoisotopic (exact) mass is 366 g/mol. The number of aliphatic imine (C=N–C) groups is 1. The van der Waals surface area contributed by atoms with Gasteiger partial charge in [-0.1, -0.05) is 20.8 Å². The van der Waals surface area contributed by atoms with Crippen LogP contribution in [0.2, 0.25) is 0 Å². The summed E-state index contributed by atoms with van der Waals surface area (Å²) in [6.45, 7) is 12.9. The molecule has 1 aromatic heterocycles. The zero-order valence-electron chi connectivity index (χ0n) is 16.5. The number of guanidine groups is 1. The van der Waals surface area contributed by atoms with Crippen molar-refractivity contribution in [2.75, 3.05) is 39.9 Å². The lowest BCUT2D eigenvalue weighted by Gasteiger charge is -2.22. The molecule has 5 nitrogen and oxygen atoms in total. The van der Waals surface area contributed by atoms with Crippen LogP contribution in [0.5, 0.6) is 0 Å². The third-order valence-electron chi connectivity index (χ3n) is 4.23. The van der Waals surface area contributed by atoms with Gasteiger partial charge in [0, 0.05) is 50.5 Å². The van der Waals surface area contributed by atoms with E-state index in [1.807, 2.05) is 0 Å². The van der Waals surface area contributed by atoms with Crippen molar-refractivity contribution < 1.29 is 4.74 Å². The Balaban J connectivity index is 1.77. The van der Waals surface area contributed by atoms with Crippen LogP contribution >= 0.6 is 11.3 Å². The summed E-state index contributed by atoms with van der Waals surface area (Å²) in [5.41, 5.74) is 1.29. The Kier molecular flexibility index (Phi) is 7.69. The van der Waals surface area contributed by atoms with Gasteiger partial charge in [0.1, 0.15) is 0 Å². The maximum absolute atomic E-state index is 5.73. The summed E-state index contributed by atoms with van der Waals surface area (Å²) in [7, 11) is 2.07. The van der Waals surface area contributed by atoms with Gasteiger partial charge in [-0.15, -0.1) is 11.3 Å². The average Bonchev–Trinajstić information content (AvgIpc) is 3.24. The van der Waals surface area contributed by atoms with Crippen LogP contribution in [-0.2, 0) is 16.6 Å². The third-order valence-corrected chi connectivity index (χ3v) is 5.13. The number of likely N-dealkylation sites (N-methyl/N-ethyl adjacent to an activating group) is 1. The number of rotatable bonds is 9. The highest BCUT2D eigenvalue weighted by Crippen LogP contribution is 2.28. The van der Waals surface area contributed by atoms with Crippen molar-refractivity contribution in [3.63, 3.8) is 0 Å². The van der Waals surface area contributed by atoms with Crippen LogP contribution < -0.4 is 5.32 Å². The van der Waals surface area contributed by atoms with Gasteiger partial charge in [-0.05, 0) is 25.7 Å². The zero-order chi connectivity index (χ0) is 18.3. The Morgan fingerprint density at radius 2 is 2.20 bits per heavy atom. The Morgan fingerprint density at radius 1 is 1.44 bits per heavy atom. The molecule has 0 aliphatic heterocycles. The molecule has 142 valence electrons. The van der Waals surface area contributed by atoms with E-state index < -0.39 is 0 Å². The van der Waals surface area contributed by atoms with E-state index in [4.69, 9.17) is 14.7 Å². The van der Waals surface area contributed by atoms with Gasteiger partial charge in [0.15, 0.2) is 5.96 Å². The minimum absolute atomic E-state index is 0.119. The van der Waals surface area contributed by atoms with Crippen LogP contribution in [0.4, 0.5) is 0 Å². The van der Waals surface area contributed by atoms with E-state index in [9.17, 15) is 0 Å². The van der Waals surface area contributed by atoms with Gasteiger partial charge < -0.3 is 15.0 Å². The molecule has 0 amide bonds. The molecule has 25 heavy (non-hydrogen) atoms. The fourth-order valence-corrected chi connectivity index (χ4v) is 3.35. The first-order valence-electron chi connectivity index (χ1n) is 9.42.